The molecule has 0 radical (unpaired) electrons. The summed E-state index contributed by atoms with van der Waals surface area (Å²) < 4.78 is 5.30. The highest BCUT2D eigenvalue weighted by atomic mass is 16.5. The molecule has 0 bridgehead atoms. The molecule has 1 aromatic heterocycles. The molecule has 0 amide bonds. The van der Waals surface area contributed by atoms with Gasteiger partial charge in [-0.15, -0.1) is 0 Å². The van der Waals surface area contributed by atoms with Gasteiger partial charge in [-0.25, -0.2) is 4.98 Å². The van der Waals surface area contributed by atoms with Gasteiger partial charge in [-0.1, -0.05) is 6.07 Å². The number of nitrogens with one attached hydrogen (secondary N) is 1. The number of nitrogens with zero attached hydrogens (tertiary/aromatic N) is 1. The predicted octanol–water partition coefficient (Wildman–Crippen LogP) is 1.56. The van der Waals surface area contributed by atoms with Gasteiger partial charge in [0.25, 0.3) is 0 Å². The second kappa shape index (κ2) is 4.42. The number of ether oxygens (including phenoxy) is 1. The van der Waals surface area contributed by atoms with Crippen molar-refractivity contribution in [3.8, 4) is 5.88 Å². The van der Waals surface area contributed by atoms with Crippen molar-refractivity contribution in [2.45, 2.75) is 19.3 Å². The van der Waals surface area contributed by atoms with Gasteiger partial charge < -0.3 is 10.1 Å². The van der Waals surface area contributed by atoms with Crippen LogP contribution in [0, 0.1) is 0 Å². The smallest absolute Gasteiger partial charge is 0.213 e. The third-order valence-electron chi connectivity index (χ3n) is 2.58. The summed E-state index contributed by atoms with van der Waals surface area (Å²) in [6, 6.07) is 4.08. The summed E-state index contributed by atoms with van der Waals surface area (Å²) in [6.45, 7) is 4.85. The van der Waals surface area contributed by atoms with Crippen LogP contribution in [0.5, 0.6) is 5.88 Å². The first-order valence-electron chi connectivity index (χ1n) is 5.19. The van der Waals surface area contributed by atoms with Crippen LogP contribution in [0.1, 0.15) is 24.8 Å². The van der Waals surface area contributed by atoms with Gasteiger partial charge in [0.1, 0.15) is 0 Å². The van der Waals surface area contributed by atoms with Crippen LogP contribution < -0.4 is 10.1 Å². The van der Waals surface area contributed by atoms with Crippen LogP contribution in [0.15, 0.2) is 18.3 Å². The standard InChI is InChI=1S/C11H16N2O/c1-2-14-11-4-3-9(8-13-11)10-5-6-12-7-10/h3-4,8,10,12H,2,5-7H2,1H3. The number of aromatic nitrogens is 1. The molecule has 0 aromatic carbocycles. The zero-order chi connectivity index (χ0) is 9.80. The Bertz CT molecular complexity index is 278. The first-order valence-corrected chi connectivity index (χ1v) is 5.19. The molecule has 2 rings (SSSR count). The van der Waals surface area contributed by atoms with E-state index in [1.165, 1.54) is 12.0 Å². The van der Waals surface area contributed by atoms with Crippen molar-refractivity contribution in [2.24, 2.45) is 0 Å². The zero-order valence-corrected chi connectivity index (χ0v) is 8.49. The fourth-order valence-corrected chi connectivity index (χ4v) is 1.81. The van der Waals surface area contributed by atoms with Gasteiger partial charge in [-0.2, -0.15) is 0 Å². The Balaban J connectivity index is 2.05. The minimum absolute atomic E-state index is 0.637. The molecular weight excluding hydrogens is 176 g/mol. The molecule has 1 atom stereocenters. The highest BCUT2D eigenvalue weighted by Crippen LogP contribution is 2.22. The molecular formula is C11H16N2O. The number of pyridine rings is 1. The van der Waals surface area contributed by atoms with E-state index in [1.807, 2.05) is 19.2 Å². The highest BCUT2D eigenvalue weighted by molar-refractivity contribution is 5.22. The molecule has 76 valence electrons. The van der Waals surface area contributed by atoms with E-state index in [4.69, 9.17) is 4.74 Å². The lowest BCUT2D eigenvalue weighted by Gasteiger charge is -2.08. The molecule has 1 aliphatic rings. The van der Waals surface area contributed by atoms with Crippen molar-refractivity contribution < 1.29 is 4.74 Å². The molecule has 3 heteroatoms. The number of hydrogen-bond donors (Lipinski definition) is 1. The van der Waals surface area contributed by atoms with Crippen LogP contribution in [0.3, 0.4) is 0 Å². The Morgan fingerprint density at radius 2 is 2.50 bits per heavy atom. The van der Waals surface area contributed by atoms with E-state index in [-0.39, 0.29) is 0 Å². The average molecular weight is 192 g/mol. The van der Waals surface area contributed by atoms with E-state index in [0.29, 0.717) is 12.5 Å². The molecule has 0 saturated carbocycles. The Morgan fingerprint density at radius 3 is 3.07 bits per heavy atom. The highest BCUT2D eigenvalue weighted by Gasteiger charge is 2.16. The monoisotopic (exact) mass is 192 g/mol. The maximum Gasteiger partial charge on any atom is 0.213 e. The van der Waals surface area contributed by atoms with Crippen molar-refractivity contribution in [3.05, 3.63) is 23.9 Å². The Morgan fingerprint density at radius 1 is 1.57 bits per heavy atom. The van der Waals surface area contributed by atoms with Crippen LogP contribution in [0.2, 0.25) is 0 Å². The molecule has 1 N–H and O–H groups in total. The van der Waals surface area contributed by atoms with Gasteiger partial charge in [0.05, 0.1) is 6.61 Å². The van der Waals surface area contributed by atoms with Crippen LogP contribution in [-0.2, 0) is 0 Å². The second-order valence-corrected chi connectivity index (χ2v) is 3.55. The second-order valence-electron chi connectivity index (χ2n) is 3.55. The van der Waals surface area contributed by atoms with Crippen LogP contribution in [-0.4, -0.2) is 24.7 Å². The summed E-state index contributed by atoms with van der Waals surface area (Å²) in [5.41, 5.74) is 1.32. The van der Waals surface area contributed by atoms with E-state index in [9.17, 15) is 0 Å². The molecule has 1 saturated heterocycles. The SMILES string of the molecule is CCOc1ccc(C2CCNC2)cn1. The Labute approximate surface area is 84.5 Å². The molecule has 1 aromatic rings. The van der Waals surface area contributed by atoms with E-state index in [1.54, 1.807) is 0 Å². The molecule has 0 aliphatic carbocycles. The average Bonchev–Trinajstić information content (AvgIpc) is 2.72. The molecule has 0 spiro atoms. The van der Waals surface area contributed by atoms with Crippen LogP contribution in [0.4, 0.5) is 0 Å². The first-order chi connectivity index (χ1) is 6.90. The fourth-order valence-electron chi connectivity index (χ4n) is 1.81. The molecule has 1 fully saturated rings. The van der Waals surface area contributed by atoms with Crippen LogP contribution >= 0.6 is 0 Å². The summed E-state index contributed by atoms with van der Waals surface area (Å²) in [7, 11) is 0. The normalized spacial score (nSPS) is 21.1. The zero-order valence-electron chi connectivity index (χ0n) is 8.49. The molecule has 1 aliphatic heterocycles. The summed E-state index contributed by atoms with van der Waals surface area (Å²) in [4.78, 5) is 4.26. The van der Waals surface area contributed by atoms with Gasteiger partial charge in [0.15, 0.2) is 0 Å². The minimum atomic E-state index is 0.637. The van der Waals surface area contributed by atoms with Gasteiger partial charge >= 0.3 is 0 Å². The van der Waals surface area contributed by atoms with Crippen molar-refractivity contribution in [2.75, 3.05) is 19.7 Å². The lowest BCUT2D eigenvalue weighted by molar-refractivity contribution is 0.326. The minimum Gasteiger partial charge on any atom is -0.478 e. The molecule has 14 heavy (non-hydrogen) atoms. The lowest BCUT2D eigenvalue weighted by Crippen LogP contribution is -2.08. The summed E-state index contributed by atoms with van der Waals surface area (Å²) >= 11 is 0. The van der Waals surface area contributed by atoms with Gasteiger partial charge in [-0.3, -0.25) is 0 Å². The topological polar surface area (TPSA) is 34.1 Å². The quantitative estimate of drug-likeness (QED) is 0.789. The Hall–Kier alpha value is -1.09. The van der Waals surface area contributed by atoms with E-state index >= 15 is 0 Å². The maximum atomic E-state index is 5.30. The Kier molecular flexibility index (Phi) is 2.99. The van der Waals surface area contributed by atoms with Crippen molar-refractivity contribution in [1.29, 1.82) is 0 Å². The lowest BCUT2D eigenvalue weighted by atomic mass is 10.0. The number of rotatable bonds is 3. The summed E-state index contributed by atoms with van der Waals surface area (Å²) in [6.07, 6.45) is 3.15. The van der Waals surface area contributed by atoms with Crippen LogP contribution in [0.25, 0.3) is 0 Å². The third kappa shape index (κ3) is 2.04. The van der Waals surface area contributed by atoms with Gasteiger partial charge in [0.2, 0.25) is 5.88 Å². The van der Waals surface area contributed by atoms with E-state index in [2.05, 4.69) is 16.4 Å². The molecule has 3 nitrogen and oxygen atoms in total. The van der Waals surface area contributed by atoms with Gasteiger partial charge in [-0.05, 0) is 31.4 Å². The van der Waals surface area contributed by atoms with Gasteiger partial charge in [0, 0.05) is 18.8 Å². The van der Waals surface area contributed by atoms with Crippen molar-refractivity contribution in [1.82, 2.24) is 10.3 Å². The summed E-state index contributed by atoms with van der Waals surface area (Å²) in [5.74, 6) is 1.36. The number of hydrogen-bond acceptors (Lipinski definition) is 3. The molecule has 1 unspecified atom stereocenters. The van der Waals surface area contributed by atoms with E-state index < -0.39 is 0 Å². The first kappa shape index (κ1) is 9.46. The third-order valence-corrected chi connectivity index (χ3v) is 2.58. The van der Waals surface area contributed by atoms with Crippen molar-refractivity contribution in [3.63, 3.8) is 0 Å². The van der Waals surface area contributed by atoms with Crippen molar-refractivity contribution >= 4 is 0 Å². The fraction of sp³-hybridized carbons (Fsp3) is 0.545. The predicted molar refractivity (Wildman–Crippen MR) is 55.6 cm³/mol. The summed E-state index contributed by atoms with van der Waals surface area (Å²) in [5, 5.41) is 3.35. The largest absolute Gasteiger partial charge is 0.478 e. The maximum absolute atomic E-state index is 5.30. The molecule has 2 heterocycles. The van der Waals surface area contributed by atoms with E-state index in [0.717, 1.165) is 19.0 Å².